The van der Waals surface area contributed by atoms with Crippen molar-refractivity contribution >= 4 is 28.8 Å². The number of carbonyl (C=O) groups is 1. The van der Waals surface area contributed by atoms with E-state index in [1.54, 1.807) is 42.7 Å². The van der Waals surface area contributed by atoms with Crippen molar-refractivity contribution in [2.75, 3.05) is 5.32 Å². The second-order valence-corrected chi connectivity index (χ2v) is 5.52. The molecule has 1 N–H and O–H groups in total. The zero-order chi connectivity index (χ0) is 16.9. The molecule has 3 rings (SSSR count). The van der Waals surface area contributed by atoms with Gasteiger partial charge in [-0.25, -0.2) is 9.37 Å². The molecule has 0 amide bonds. The lowest BCUT2D eigenvalue weighted by atomic mass is 10.0. The van der Waals surface area contributed by atoms with E-state index in [2.05, 4.69) is 15.3 Å². The lowest BCUT2D eigenvalue weighted by Gasteiger charge is -2.11. The Morgan fingerprint density at radius 2 is 1.88 bits per heavy atom. The fourth-order valence-electron chi connectivity index (χ4n) is 2.19. The predicted molar refractivity (Wildman–Crippen MR) is 91.2 cm³/mol. The number of ketones is 1. The lowest BCUT2D eigenvalue weighted by Crippen LogP contribution is -2.06. The molecule has 0 radical (unpaired) electrons. The Hall–Kier alpha value is -2.79. The fourth-order valence-corrected chi connectivity index (χ4v) is 2.31. The smallest absolute Gasteiger partial charge is 0.168 e. The number of pyridine rings is 2. The van der Waals surface area contributed by atoms with Crippen molar-refractivity contribution in [2.45, 2.75) is 6.42 Å². The molecule has 1 aromatic carbocycles. The Morgan fingerprint density at radius 3 is 2.58 bits per heavy atom. The van der Waals surface area contributed by atoms with E-state index in [9.17, 15) is 9.18 Å². The molecule has 0 spiro atoms. The highest BCUT2D eigenvalue weighted by Crippen LogP contribution is 2.21. The third kappa shape index (κ3) is 3.94. The molecule has 0 bridgehead atoms. The van der Waals surface area contributed by atoms with Crippen LogP contribution in [0.25, 0.3) is 0 Å². The normalized spacial score (nSPS) is 10.4. The van der Waals surface area contributed by atoms with Gasteiger partial charge in [-0.2, -0.15) is 0 Å². The van der Waals surface area contributed by atoms with Gasteiger partial charge in [0.15, 0.2) is 5.78 Å². The van der Waals surface area contributed by atoms with Crippen LogP contribution in [0.15, 0.2) is 61.1 Å². The number of hydrogen-bond acceptors (Lipinski definition) is 4. The Kier molecular flexibility index (Phi) is 4.82. The SMILES string of the molecule is O=C(Cc1ccncc1Nc1ccc(F)cc1)c1ccc(Cl)nc1. The molecule has 2 aromatic heterocycles. The zero-order valence-electron chi connectivity index (χ0n) is 12.5. The number of benzene rings is 1. The molecule has 0 aliphatic heterocycles. The Morgan fingerprint density at radius 1 is 1.08 bits per heavy atom. The van der Waals surface area contributed by atoms with E-state index >= 15 is 0 Å². The maximum Gasteiger partial charge on any atom is 0.168 e. The molecule has 0 fully saturated rings. The highest BCUT2D eigenvalue weighted by Gasteiger charge is 2.11. The van der Waals surface area contributed by atoms with E-state index in [1.165, 1.54) is 18.3 Å². The number of aromatic nitrogens is 2. The van der Waals surface area contributed by atoms with Gasteiger partial charge in [-0.1, -0.05) is 11.6 Å². The van der Waals surface area contributed by atoms with Gasteiger partial charge >= 0.3 is 0 Å². The Bertz CT molecular complexity index is 851. The van der Waals surface area contributed by atoms with Gasteiger partial charge in [-0.3, -0.25) is 9.78 Å². The lowest BCUT2D eigenvalue weighted by molar-refractivity contribution is 0.0993. The van der Waals surface area contributed by atoms with Gasteiger partial charge < -0.3 is 5.32 Å². The number of rotatable bonds is 5. The van der Waals surface area contributed by atoms with Crippen LogP contribution in [0.1, 0.15) is 15.9 Å². The minimum Gasteiger partial charge on any atom is -0.354 e. The summed E-state index contributed by atoms with van der Waals surface area (Å²) < 4.78 is 13.0. The molecule has 0 unspecified atom stereocenters. The summed E-state index contributed by atoms with van der Waals surface area (Å²) >= 11 is 5.74. The molecule has 3 aromatic rings. The van der Waals surface area contributed by atoms with Crippen molar-refractivity contribution < 1.29 is 9.18 Å². The van der Waals surface area contributed by atoms with Crippen molar-refractivity contribution in [3.63, 3.8) is 0 Å². The van der Waals surface area contributed by atoms with E-state index in [1.807, 2.05) is 0 Å². The summed E-state index contributed by atoms with van der Waals surface area (Å²) in [6.45, 7) is 0. The van der Waals surface area contributed by atoms with Gasteiger partial charge in [0.1, 0.15) is 11.0 Å². The summed E-state index contributed by atoms with van der Waals surface area (Å²) in [6, 6.07) is 11.0. The molecule has 0 aliphatic carbocycles. The Balaban J connectivity index is 1.79. The van der Waals surface area contributed by atoms with E-state index in [0.29, 0.717) is 22.1 Å². The van der Waals surface area contributed by atoms with Crippen LogP contribution in [0.5, 0.6) is 0 Å². The van der Waals surface area contributed by atoms with E-state index < -0.39 is 0 Å². The van der Waals surface area contributed by atoms with Crippen molar-refractivity contribution in [3.8, 4) is 0 Å². The van der Waals surface area contributed by atoms with Crippen LogP contribution in [-0.4, -0.2) is 15.8 Å². The maximum atomic E-state index is 13.0. The minimum atomic E-state index is -0.308. The van der Waals surface area contributed by atoms with Crippen LogP contribution in [0, 0.1) is 5.82 Å². The van der Waals surface area contributed by atoms with Crippen LogP contribution in [0.3, 0.4) is 0 Å². The van der Waals surface area contributed by atoms with Crippen LogP contribution in [-0.2, 0) is 6.42 Å². The third-order valence-electron chi connectivity index (χ3n) is 3.43. The number of halogens is 2. The summed E-state index contributed by atoms with van der Waals surface area (Å²) in [5.41, 5.74) is 2.68. The van der Waals surface area contributed by atoms with E-state index in [0.717, 1.165) is 5.56 Å². The second kappa shape index (κ2) is 7.19. The summed E-state index contributed by atoms with van der Waals surface area (Å²) in [5, 5.41) is 3.49. The van der Waals surface area contributed by atoms with E-state index in [-0.39, 0.29) is 18.0 Å². The molecule has 24 heavy (non-hydrogen) atoms. The Labute approximate surface area is 143 Å². The first-order valence-corrected chi connectivity index (χ1v) is 7.60. The molecular weight excluding hydrogens is 329 g/mol. The van der Waals surface area contributed by atoms with Gasteiger partial charge in [0.2, 0.25) is 0 Å². The molecular formula is C18H13ClFN3O. The van der Waals surface area contributed by atoms with Gasteiger partial charge in [-0.15, -0.1) is 0 Å². The largest absolute Gasteiger partial charge is 0.354 e. The molecule has 0 atom stereocenters. The average molecular weight is 342 g/mol. The number of nitrogens with one attached hydrogen (secondary N) is 1. The van der Waals surface area contributed by atoms with Crippen LogP contribution >= 0.6 is 11.6 Å². The standard InChI is InChI=1S/C18H13ClFN3O/c19-18-6-1-13(10-22-18)17(24)9-12-7-8-21-11-16(12)23-15-4-2-14(20)3-5-15/h1-8,10-11,23H,9H2. The van der Waals surface area contributed by atoms with Gasteiger partial charge in [-0.05, 0) is 48.0 Å². The molecule has 120 valence electrons. The first-order chi connectivity index (χ1) is 11.6. The molecule has 0 saturated heterocycles. The molecule has 4 nitrogen and oxygen atoms in total. The van der Waals surface area contributed by atoms with E-state index in [4.69, 9.17) is 11.6 Å². The summed E-state index contributed by atoms with van der Waals surface area (Å²) in [5.74, 6) is -0.384. The van der Waals surface area contributed by atoms with Crippen molar-refractivity contribution in [3.05, 3.63) is 83.2 Å². The number of hydrogen-bond donors (Lipinski definition) is 1. The van der Waals surface area contributed by atoms with Crippen LogP contribution in [0.2, 0.25) is 5.15 Å². The number of anilines is 2. The number of nitrogens with zero attached hydrogens (tertiary/aromatic N) is 2. The second-order valence-electron chi connectivity index (χ2n) is 5.13. The van der Waals surface area contributed by atoms with Crippen molar-refractivity contribution in [1.29, 1.82) is 0 Å². The van der Waals surface area contributed by atoms with Crippen molar-refractivity contribution in [1.82, 2.24) is 9.97 Å². The average Bonchev–Trinajstić information content (AvgIpc) is 2.59. The highest BCUT2D eigenvalue weighted by atomic mass is 35.5. The maximum absolute atomic E-state index is 13.0. The molecule has 6 heteroatoms. The number of Topliss-reactive ketones (excluding diaryl/α,β-unsaturated/α-hetero) is 1. The predicted octanol–water partition coefficient (Wildman–Crippen LogP) is 4.44. The van der Waals surface area contributed by atoms with Gasteiger partial charge in [0.05, 0.1) is 11.9 Å². The molecule has 2 heterocycles. The number of carbonyl (C=O) groups excluding carboxylic acids is 1. The first-order valence-electron chi connectivity index (χ1n) is 7.22. The summed E-state index contributed by atoms with van der Waals surface area (Å²) in [7, 11) is 0. The fraction of sp³-hybridized carbons (Fsp3) is 0.0556. The highest BCUT2D eigenvalue weighted by molar-refractivity contribution is 6.29. The molecule has 0 aliphatic rings. The molecule has 0 saturated carbocycles. The first kappa shape index (κ1) is 16.1. The van der Waals surface area contributed by atoms with Gasteiger partial charge in [0, 0.05) is 30.1 Å². The quantitative estimate of drug-likeness (QED) is 0.550. The third-order valence-corrected chi connectivity index (χ3v) is 3.66. The van der Waals surface area contributed by atoms with Crippen LogP contribution < -0.4 is 5.32 Å². The minimum absolute atomic E-state index is 0.0764. The zero-order valence-corrected chi connectivity index (χ0v) is 13.3. The monoisotopic (exact) mass is 341 g/mol. The van der Waals surface area contributed by atoms with Gasteiger partial charge in [0.25, 0.3) is 0 Å². The van der Waals surface area contributed by atoms with Crippen LogP contribution in [0.4, 0.5) is 15.8 Å². The van der Waals surface area contributed by atoms with Crippen molar-refractivity contribution in [2.24, 2.45) is 0 Å². The topological polar surface area (TPSA) is 54.9 Å². The summed E-state index contributed by atoms with van der Waals surface area (Å²) in [6.07, 6.45) is 4.90. The summed E-state index contributed by atoms with van der Waals surface area (Å²) in [4.78, 5) is 20.4.